The molecule has 1 aliphatic heterocycles. The second kappa shape index (κ2) is 6.38. The maximum atomic E-state index is 12.2. The van der Waals surface area contributed by atoms with Gasteiger partial charge in [-0.05, 0) is 13.0 Å². The molecule has 1 aliphatic rings. The highest BCUT2D eigenvalue weighted by Gasteiger charge is 2.24. The number of hydrogen-bond donors (Lipinski definition) is 0. The van der Waals surface area contributed by atoms with Crippen LogP contribution >= 0.6 is 0 Å². The maximum absolute atomic E-state index is 12.2. The Hall–Kier alpha value is -1.81. The van der Waals surface area contributed by atoms with Crippen molar-refractivity contribution in [1.82, 2.24) is 4.90 Å². The number of nitrogens with zero attached hydrogens (tertiary/aromatic N) is 1. The van der Waals surface area contributed by atoms with Crippen molar-refractivity contribution in [2.24, 2.45) is 0 Å². The highest BCUT2D eigenvalue weighted by Crippen LogP contribution is 2.20. The van der Waals surface area contributed by atoms with Crippen LogP contribution in [0, 0.1) is 0 Å². The average molecular weight is 261 g/mol. The van der Waals surface area contributed by atoms with E-state index in [0.29, 0.717) is 32.1 Å². The van der Waals surface area contributed by atoms with Gasteiger partial charge in [0.2, 0.25) is 0 Å². The van der Waals surface area contributed by atoms with E-state index in [1.165, 1.54) is 0 Å². The van der Waals surface area contributed by atoms with Gasteiger partial charge < -0.3 is 14.4 Å². The van der Waals surface area contributed by atoms with Gasteiger partial charge in [-0.1, -0.05) is 30.9 Å². The van der Waals surface area contributed by atoms with E-state index in [0.717, 1.165) is 5.56 Å². The van der Waals surface area contributed by atoms with Gasteiger partial charge in [0.05, 0.1) is 13.2 Å². The third-order valence-electron chi connectivity index (χ3n) is 3.11. The van der Waals surface area contributed by atoms with E-state index in [2.05, 4.69) is 6.58 Å². The Morgan fingerprint density at radius 2 is 2.11 bits per heavy atom. The average Bonchev–Trinajstić information content (AvgIpc) is 2.48. The van der Waals surface area contributed by atoms with Crippen LogP contribution in [0.3, 0.4) is 0 Å². The highest BCUT2D eigenvalue weighted by atomic mass is 16.5. The normalized spacial score (nSPS) is 16.8. The summed E-state index contributed by atoms with van der Waals surface area (Å²) in [4.78, 5) is 14.0. The number of ether oxygens (including phenoxy) is 2. The number of carbonyl (C=O) groups excluding carboxylic acids is 1. The minimum absolute atomic E-state index is 0.00200. The van der Waals surface area contributed by atoms with E-state index in [4.69, 9.17) is 9.47 Å². The first-order valence-electron chi connectivity index (χ1n) is 6.47. The van der Waals surface area contributed by atoms with Crippen molar-refractivity contribution in [3.05, 3.63) is 36.4 Å². The lowest BCUT2D eigenvalue weighted by atomic mass is 10.2. The summed E-state index contributed by atoms with van der Waals surface area (Å²) in [6.07, 6.45) is 1.22. The summed E-state index contributed by atoms with van der Waals surface area (Å²) in [5.41, 5.74) is 0.893. The summed E-state index contributed by atoms with van der Waals surface area (Å²) >= 11 is 0. The van der Waals surface area contributed by atoms with Crippen molar-refractivity contribution in [3.8, 4) is 5.75 Å². The van der Waals surface area contributed by atoms with Gasteiger partial charge in [0.15, 0.2) is 6.10 Å². The van der Waals surface area contributed by atoms with Gasteiger partial charge >= 0.3 is 0 Å². The van der Waals surface area contributed by atoms with Crippen molar-refractivity contribution < 1.29 is 14.3 Å². The molecule has 1 atom stereocenters. The van der Waals surface area contributed by atoms with Crippen molar-refractivity contribution in [2.45, 2.75) is 13.0 Å². The fourth-order valence-corrected chi connectivity index (χ4v) is 2.04. The molecule has 1 aromatic carbocycles. The second-order valence-corrected chi connectivity index (χ2v) is 4.44. The molecular formula is C15H19NO3. The molecule has 0 N–H and O–H groups in total. The minimum atomic E-state index is -0.501. The van der Waals surface area contributed by atoms with Crippen LogP contribution in [-0.4, -0.2) is 43.2 Å². The summed E-state index contributed by atoms with van der Waals surface area (Å²) in [5, 5.41) is 0. The molecule has 1 fully saturated rings. The Labute approximate surface area is 113 Å². The van der Waals surface area contributed by atoms with E-state index in [1.807, 2.05) is 24.3 Å². The number of carbonyl (C=O) groups is 1. The molecule has 1 heterocycles. The van der Waals surface area contributed by atoms with Gasteiger partial charge in [-0.15, -0.1) is 0 Å². The zero-order valence-corrected chi connectivity index (χ0v) is 11.2. The number of para-hydroxylation sites is 1. The molecule has 0 bridgehead atoms. The van der Waals surface area contributed by atoms with Crippen molar-refractivity contribution in [2.75, 3.05) is 26.3 Å². The van der Waals surface area contributed by atoms with Crippen LogP contribution in [0.4, 0.5) is 0 Å². The zero-order valence-electron chi connectivity index (χ0n) is 11.2. The molecule has 4 nitrogen and oxygen atoms in total. The van der Waals surface area contributed by atoms with Crippen molar-refractivity contribution in [1.29, 1.82) is 0 Å². The zero-order chi connectivity index (χ0) is 13.7. The summed E-state index contributed by atoms with van der Waals surface area (Å²) in [6, 6.07) is 7.56. The lowest BCUT2D eigenvalue weighted by Crippen LogP contribution is -2.46. The lowest BCUT2D eigenvalue weighted by Gasteiger charge is -2.29. The minimum Gasteiger partial charge on any atom is -0.480 e. The molecule has 0 aromatic heterocycles. The molecule has 1 saturated heterocycles. The first kappa shape index (κ1) is 13.6. The molecular weight excluding hydrogens is 242 g/mol. The molecule has 1 unspecified atom stereocenters. The Morgan fingerprint density at radius 3 is 2.79 bits per heavy atom. The van der Waals surface area contributed by atoms with Crippen LogP contribution in [0.25, 0.3) is 6.08 Å². The van der Waals surface area contributed by atoms with Crippen LogP contribution in [0.1, 0.15) is 12.5 Å². The third-order valence-corrected chi connectivity index (χ3v) is 3.11. The van der Waals surface area contributed by atoms with E-state index in [1.54, 1.807) is 17.9 Å². The molecule has 4 heteroatoms. The van der Waals surface area contributed by atoms with E-state index in [-0.39, 0.29) is 5.91 Å². The third kappa shape index (κ3) is 3.35. The Kier molecular flexibility index (Phi) is 4.58. The quantitative estimate of drug-likeness (QED) is 0.831. The van der Waals surface area contributed by atoms with Crippen LogP contribution in [0.5, 0.6) is 5.75 Å². The van der Waals surface area contributed by atoms with Gasteiger partial charge in [-0.3, -0.25) is 4.79 Å². The summed E-state index contributed by atoms with van der Waals surface area (Å²) in [7, 11) is 0. The molecule has 19 heavy (non-hydrogen) atoms. The number of hydrogen-bond acceptors (Lipinski definition) is 3. The number of rotatable bonds is 4. The predicted octanol–water partition coefficient (Wildman–Crippen LogP) is 1.96. The molecule has 1 aromatic rings. The first-order valence-corrected chi connectivity index (χ1v) is 6.47. The van der Waals surface area contributed by atoms with Gasteiger partial charge in [-0.2, -0.15) is 0 Å². The standard InChI is InChI=1S/C15H19NO3/c1-3-13-6-4-5-7-14(13)19-12(2)15(17)16-8-10-18-11-9-16/h3-7,12H,1,8-11H2,2H3. The molecule has 1 amide bonds. The smallest absolute Gasteiger partial charge is 0.263 e. The van der Waals surface area contributed by atoms with Crippen LogP contribution in [-0.2, 0) is 9.53 Å². The van der Waals surface area contributed by atoms with Crippen molar-refractivity contribution in [3.63, 3.8) is 0 Å². The fourth-order valence-electron chi connectivity index (χ4n) is 2.04. The molecule has 102 valence electrons. The fraction of sp³-hybridized carbons (Fsp3) is 0.400. The lowest BCUT2D eigenvalue weighted by molar-refractivity contribution is -0.142. The van der Waals surface area contributed by atoms with E-state index in [9.17, 15) is 4.79 Å². The summed E-state index contributed by atoms with van der Waals surface area (Å²) in [6.45, 7) is 7.98. The van der Waals surface area contributed by atoms with E-state index < -0.39 is 6.10 Å². The predicted molar refractivity (Wildman–Crippen MR) is 74.0 cm³/mol. The maximum Gasteiger partial charge on any atom is 0.263 e. The van der Waals surface area contributed by atoms with Crippen LogP contribution in [0.15, 0.2) is 30.8 Å². The largest absolute Gasteiger partial charge is 0.480 e. The van der Waals surface area contributed by atoms with Gasteiger partial charge in [0, 0.05) is 18.7 Å². The Bertz CT molecular complexity index is 452. The number of morpholine rings is 1. The Balaban J connectivity index is 2.01. The van der Waals surface area contributed by atoms with Crippen LogP contribution in [0.2, 0.25) is 0 Å². The Morgan fingerprint density at radius 1 is 1.42 bits per heavy atom. The van der Waals surface area contributed by atoms with Crippen LogP contribution < -0.4 is 4.74 Å². The van der Waals surface area contributed by atoms with E-state index >= 15 is 0 Å². The molecule has 0 radical (unpaired) electrons. The highest BCUT2D eigenvalue weighted by molar-refractivity contribution is 5.81. The van der Waals surface area contributed by atoms with Gasteiger partial charge in [0.25, 0.3) is 5.91 Å². The monoisotopic (exact) mass is 261 g/mol. The van der Waals surface area contributed by atoms with Gasteiger partial charge in [0.1, 0.15) is 5.75 Å². The number of amides is 1. The second-order valence-electron chi connectivity index (χ2n) is 4.44. The van der Waals surface area contributed by atoms with Crippen molar-refractivity contribution >= 4 is 12.0 Å². The SMILES string of the molecule is C=Cc1ccccc1OC(C)C(=O)N1CCOCC1. The number of benzene rings is 1. The molecule has 2 rings (SSSR count). The topological polar surface area (TPSA) is 38.8 Å². The van der Waals surface area contributed by atoms with Gasteiger partial charge in [-0.25, -0.2) is 0 Å². The summed E-state index contributed by atoms with van der Waals surface area (Å²) in [5.74, 6) is 0.689. The molecule has 0 aliphatic carbocycles. The molecule has 0 spiro atoms. The summed E-state index contributed by atoms with van der Waals surface area (Å²) < 4.78 is 11.0. The molecule has 0 saturated carbocycles. The first-order chi connectivity index (χ1) is 9.22.